The summed E-state index contributed by atoms with van der Waals surface area (Å²) in [6, 6.07) is 21.2. The highest BCUT2D eigenvalue weighted by Gasteiger charge is 2.31. The van der Waals surface area contributed by atoms with Gasteiger partial charge >= 0.3 is 5.97 Å². The predicted molar refractivity (Wildman–Crippen MR) is 113 cm³/mol. The molecule has 0 bridgehead atoms. The summed E-state index contributed by atoms with van der Waals surface area (Å²) >= 11 is 0. The SMILES string of the molecule is CCC(Cc1ccccc1)C(C(C)C)C(CCC(=O)O)Cc1ccccc1. The summed E-state index contributed by atoms with van der Waals surface area (Å²) in [4.78, 5) is 11.3. The Morgan fingerprint density at radius 3 is 1.74 bits per heavy atom. The Morgan fingerprint density at radius 1 is 0.852 bits per heavy atom. The second kappa shape index (κ2) is 10.9. The van der Waals surface area contributed by atoms with Gasteiger partial charge in [0.15, 0.2) is 0 Å². The molecule has 0 aliphatic heterocycles. The van der Waals surface area contributed by atoms with Crippen LogP contribution in [0, 0.1) is 23.7 Å². The van der Waals surface area contributed by atoms with Gasteiger partial charge in [-0.2, -0.15) is 0 Å². The first-order valence-electron chi connectivity index (χ1n) is 10.3. The summed E-state index contributed by atoms with van der Waals surface area (Å²) in [7, 11) is 0. The molecule has 2 rings (SSSR count). The Hall–Kier alpha value is -2.09. The second-order valence-electron chi connectivity index (χ2n) is 8.06. The molecule has 0 aliphatic rings. The minimum atomic E-state index is -0.688. The summed E-state index contributed by atoms with van der Waals surface area (Å²) in [6.45, 7) is 6.88. The quantitative estimate of drug-likeness (QED) is 0.510. The van der Waals surface area contributed by atoms with Crippen LogP contribution < -0.4 is 0 Å². The van der Waals surface area contributed by atoms with E-state index in [1.165, 1.54) is 11.1 Å². The van der Waals surface area contributed by atoms with E-state index in [-0.39, 0.29) is 6.42 Å². The minimum Gasteiger partial charge on any atom is -0.481 e. The Morgan fingerprint density at radius 2 is 1.33 bits per heavy atom. The van der Waals surface area contributed by atoms with E-state index in [2.05, 4.69) is 75.4 Å². The lowest BCUT2D eigenvalue weighted by atomic mass is 9.68. The fraction of sp³-hybridized carbons (Fsp3) is 0.480. The van der Waals surface area contributed by atoms with E-state index in [0.29, 0.717) is 23.7 Å². The molecular weight excluding hydrogens is 332 g/mol. The lowest BCUT2D eigenvalue weighted by Crippen LogP contribution is -2.31. The van der Waals surface area contributed by atoms with E-state index in [1.807, 2.05) is 6.07 Å². The van der Waals surface area contributed by atoms with Crippen LogP contribution in [0.15, 0.2) is 60.7 Å². The lowest BCUT2D eigenvalue weighted by molar-refractivity contribution is -0.137. The van der Waals surface area contributed by atoms with Crippen LogP contribution >= 0.6 is 0 Å². The third-order valence-electron chi connectivity index (χ3n) is 5.79. The molecule has 3 unspecified atom stereocenters. The van der Waals surface area contributed by atoms with Crippen LogP contribution in [0.3, 0.4) is 0 Å². The first-order valence-corrected chi connectivity index (χ1v) is 10.3. The Kier molecular flexibility index (Phi) is 8.57. The normalized spacial score (nSPS) is 14.7. The Bertz CT molecular complexity index is 663. The molecule has 0 aromatic heterocycles. The molecule has 27 heavy (non-hydrogen) atoms. The molecular formula is C25H34O2. The standard InChI is InChI=1S/C25H34O2/c1-4-22(17-20-11-7-5-8-12-20)25(19(2)3)23(15-16-24(26)27)18-21-13-9-6-10-14-21/h5-14,19,22-23,25H,4,15-18H2,1-3H3,(H,26,27). The van der Waals surface area contributed by atoms with Gasteiger partial charge in [-0.05, 0) is 54.1 Å². The van der Waals surface area contributed by atoms with Gasteiger partial charge in [-0.3, -0.25) is 4.79 Å². The summed E-state index contributed by atoms with van der Waals surface area (Å²) < 4.78 is 0. The van der Waals surface area contributed by atoms with Crippen molar-refractivity contribution < 1.29 is 9.90 Å². The van der Waals surface area contributed by atoms with Gasteiger partial charge in [0, 0.05) is 6.42 Å². The smallest absolute Gasteiger partial charge is 0.303 e. The van der Waals surface area contributed by atoms with E-state index in [9.17, 15) is 9.90 Å². The number of carboxylic acids is 1. The molecule has 146 valence electrons. The van der Waals surface area contributed by atoms with Crippen molar-refractivity contribution in [2.45, 2.75) is 52.9 Å². The molecule has 0 fully saturated rings. The zero-order chi connectivity index (χ0) is 19.6. The van der Waals surface area contributed by atoms with E-state index in [1.54, 1.807) is 0 Å². The molecule has 0 saturated heterocycles. The summed E-state index contributed by atoms with van der Waals surface area (Å²) in [5, 5.41) is 9.28. The van der Waals surface area contributed by atoms with E-state index >= 15 is 0 Å². The molecule has 0 saturated carbocycles. The number of carboxylic acid groups (broad SMARTS) is 1. The fourth-order valence-corrected chi connectivity index (χ4v) is 4.60. The van der Waals surface area contributed by atoms with Gasteiger partial charge < -0.3 is 5.11 Å². The van der Waals surface area contributed by atoms with Gasteiger partial charge in [-0.25, -0.2) is 0 Å². The third kappa shape index (κ3) is 6.86. The zero-order valence-electron chi connectivity index (χ0n) is 17.0. The van der Waals surface area contributed by atoms with Crippen molar-refractivity contribution >= 4 is 5.97 Å². The van der Waals surface area contributed by atoms with Crippen LogP contribution in [0.5, 0.6) is 0 Å². The summed E-state index contributed by atoms with van der Waals surface area (Å²) in [5.41, 5.74) is 2.69. The summed E-state index contributed by atoms with van der Waals surface area (Å²) in [5.74, 6) is 1.30. The van der Waals surface area contributed by atoms with Crippen LogP contribution in [-0.4, -0.2) is 11.1 Å². The maximum Gasteiger partial charge on any atom is 0.303 e. The van der Waals surface area contributed by atoms with Gasteiger partial charge in [-0.15, -0.1) is 0 Å². The first-order chi connectivity index (χ1) is 13.0. The van der Waals surface area contributed by atoms with Crippen LogP contribution in [-0.2, 0) is 17.6 Å². The molecule has 0 aliphatic carbocycles. The molecule has 2 aromatic carbocycles. The van der Waals surface area contributed by atoms with Gasteiger partial charge in [-0.1, -0.05) is 87.9 Å². The molecule has 0 amide bonds. The van der Waals surface area contributed by atoms with Crippen molar-refractivity contribution in [1.29, 1.82) is 0 Å². The highest BCUT2D eigenvalue weighted by atomic mass is 16.4. The van der Waals surface area contributed by atoms with E-state index < -0.39 is 5.97 Å². The number of benzene rings is 2. The van der Waals surface area contributed by atoms with Crippen molar-refractivity contribution in [3.05, 3.63) is 71.8 Å². The monoisotopic (exact) mass is 366 g/mol. The topological polar surface area (TPSA) is 37.3 Å². The highest BCUT2D eigenvalue weighted by molar-refractivity contribution is 5.66. The van der Waals surface area contributed by atoms with E-state index in [4.69, 9.17) is 0 Å². The number of carbonyl (C=O) groups is 1. The third-order valence-corrected chi connectivity index (χ3v) is 5.79. The van der Waals surface area contributed by atoms with Gasteiger partial charge in [0.2, 0.25) is 0 Å². The van der Waals surface area contributed by atoms with Crippen molar-refractivity contribution in [1.82, 2.24) is 0 Å². The van der Waals surface area contributed by atoms with Crippen LogP contribution in [0.4, 0.5) is 0 Å². The van der Waals surface area contributed by atoms with Crippen LogP contribution in [0.25, 0.3) is 0 Å². The largest absolute Gasteiger partial charge is 0.481 e. The maximum atomic E-state index is 11.3. The number of hydrogen-bond acceptors (Lipinski definition) is 1. The first kappa shape index (κ1) is 21.2. The number of aliphatic carboxylic acids is 1. The number of hydrogen-bond donors (Lipinski definition) is 1. The minimum absolute atomic E-state index is 0.252. The summed E-state index contributed by atoms with van der Waals surface area (Å²) in [6.07, 6.45) is 4.15. The zero-order valence-corrected chi connectivity index (χ0v) is 17.0. The van der Waals surface area contributed by atoms with Crippen LogP contribution in [0.2, 0.25) is 0 Å². The van der Waals surface area contributed by atoms with Gasteiger partial charge in [0.1, 0.15) is 0 Å². The van der Waals surface area contributed by atoms with Gasteiger partial charge in [0.05, 0.1) is 0 Å². The lowest BCUT2D eigenvalue weighted by Gasteiger charge is -2.37. The molecule has 0 heterocycles. The molecule has 2 aromatic rings. The number of rotatable bonds is 11. The van der Waals surface area contributed by atoms with Gasteiger partial charge in [0.25, 0.3) is 0 Å². The molecule has 0 spiro atoms. The average Bonchev–Trinajstić information content (AvgIpc) is 2.66. The van der Waals surface area contributed by atoms with Crippen molar-refractivity contribution in [2.24, 2.45) is 23.7 Å². The second-order valence-corrected chi connectivity index (χ2v) is 8.06. The highest BCUT2D eigenvalue weighted by Crippen LogP contribution is 2.37. The molecule has 1 N–H and O–H groups in total. The maximum absolute atomic E-state index is 11.3. The molecule has 2 nitrogen and oxygen atoms in total. The molecule has 2 heteroatoms. The van der Waals surface area contributed by atoms with Crippen molar-refractivity contribution in [3.8, 4) is 0 Å². The Balaban J connectivity index is 2.25. The van der Waals surface area contributed by atoms with Crippen LogP contribution in [0.1, 0.15) is 51.2 Å². The fourth-order valence-electron chi connectivity index (χ4n) is 4.60. The Labute approximate surface area is 164 Å². The van der Waals surface area contributed by atoms with E-state index in [0.717, 1.165) is 25.7 Å². The molecule has 3 atom stereocenters. The molecule has 0 radical (unpaired) electrons. The van der Waals surface area contributed by atoms with Crippen molar-refractivity contribution in [3.63, 3.8) is 0 Å². The van der Waals surface area contributed by atoms with Crippen molar-refractivity contribution in [2.75, 3.05) is 0 Å². The average molecular weight is 367 g/mol. The predicted octanol–water partition coefficient (Wildman–Crippen LogP) is 6.25.